The molecule has 10 heteroatoms. The lowest BCUT2D eigenvalue weighted by atomic mass is 9.99. The number of carbonyl (C=O) groups is 1. The van der Waals surface area contributed by atoms with E-state index in [1.807, 2.05) is 0 Å². The molecule has 0 saturated heterocycles. The highest BCUT2D eigenvalue weighted by Crippen LogP contribution is 2.38. The van der Waals surface area contributed by atoms with Gasteiger partial charge in [-0.25, -0.2) is 4.98 Å². The van der Waals surface area contributed by atoms with Gasteiger partial charge in [-0.3, -0.25) is 9.36 Å². The van der Waals surface area contributed by atoms with Gasteiger partial charge in [0.25, 0.3) is 5.91 Å². The lowest BCUT2D eigenvalue weighted by Crippen LogP contribution is -2.25. The predicted octanol–water partition coefficient (Wildman–Crippen LogP) is 5.49. The zero-order valence-electron chi connectivity index (χ0n) is 15.8. The maximum Gasteiger partial charge on any atom is 0.416 e. The number of hydrogen-bond donors (Lipinski definition) is 1. The topological polar surface area (TPSA) is 46.9 Å². The standard InChI is InChI=1S/C21H15F6N3O/c1-2-7-29-19(31)18-11-28-12-30(18)17-5-3-13(4-6-17)14-8-15(20(22,23)24)10-16(9-14)21(25,26)27/h2-6,8-12H,1,7H2,(H,29,31). The van der Waals surface area contributed by atoms with Crippen molar-refractivity contribution in [2.24, 2.45) is 0 Å². The van der Waals surface area contributed by atoms with Crippen LogP contribution in [0.1, 0.15) is 21.6 Å². The van der Waals surface area contributed by atoms with Crippen molar-refractivity contribution in [3.05, 3.63) is 84.5 Å². The third-order valence-corrected chi connectivity index (χ3v) is 4.34. The van der Waals surface area contributed by atoms with Gasteiger partial charge in [-0.2, -0.15) is 26.3 Å². The molecule has 1 N–H and O–H groups in total. The van der Waals surface area contributed by atoms with E-state index in [9.17, 15) is 31.1 Å². The summed E-state index contributed by atoms with van der Waals surface area (Å²) in [5.41, 5.74) is -2.21. The van der Waals surface area contributed by atoms with Crippen LogP contribution in [0.25, 0.3) is 16.8 Å². The molecule has 0 unspecified atom stereocenters. The molecular weight excluding hydrogens is 424 g/mol. The summed E-state index contributed by atoms with van der Waals surface area (Å²) in [6.07, 6.45) is -5.67. The highest BCUT2D eigenvalue weighted by atomic mass is 19.4. The van der Waals surface area contributed by atoms with Crippen molar-refractivity contribution in [2.45, 2.75) is 12.4 Å². The first-order valence-corrected chi connectivity index (χ1v) is 8.82. The van der Waals surface area contributed by atoms with E-state index in [-0.39, 0.29) is 29.4 Å². The number of rotatable bonds is 5. The van der Waals surface area contributed by atoms with Crippen LogP contribution in [0.3, 0.4) is 0 Å². The maximum absolute atomic E-state index is 13.1. The second-order valence-electron chi connectivity index (χ2n) is 6.49. The van der Waals surface area contributed by atoms with Gasteiger partial charge in [0.1, 0.15) is 5.69 Å². The minimum absolute atomic E-state index is 0.0809. The number of carbonyl (C=O) groups excluding carboxylic acids is 1. The number of nitrogens with zero attached hydrogens (tertiary/aromatic N) is 2. The molecule has 0 aliphatic rings. The van der Waals surface area contributed by atoms with Gasteiger partial charge >= 0.3 is 12.4 Å². The third kappa shape index (κ3) is 4.96. The summed E-state index contributed by atoms with van der Waals surface area (Å²) in [6.45, 7) is 3.73. The molecule has 162 valence electrons. The SMILES string of the molecule is C=CCNC(=O)c1cncn1-c1ccc(-c2cc(C(F)(F)F)cc(C(F)(F)F)c2)cc1. The molecular formula is C21H15F6N3O. The summed E-state index contributed by atoms with van der Waals surface area (Å²) in [6, 6.07) is 7.08. The quantitative estimate of drug-likeness (QED) is 0.422. The molecule has 1 heterocycles. The fraction of sp³-hybridized carbons (Fsp3) is 0.143. The minimum Gasteiger partial charge on any atom is -0.347 e. The smallest absolute Gasteiger partial charge is 0.347 e. The number of hydrogen-bond acceptors (Lipinski definition) is 2. The number of imidazole rings is 1. The van der Waals surface area contributed by atoms with Gasteiger partial charge < -0.3 is 5.32 Å². The number of amides is 1. The molecule has 0 bridgehead atoms. The van der Waals surface area contributed by atoms with Crippen LogP contribution in [-0.4, -0.2) is 22.0 Å². The fourth-order valence-electron chi connectivity index (χ4n) is 2.86. The Morgan fingerprint density at radius 1 is 0.968 bits per heavy atom. The van der Waals surface area contributed by atoms with Crippen molar-refractivity contribution in [1.82, 2.24) is 14.9 Å². The van der Waals surface area contributed by atoms with Crippen LogP contribution in [0.5, 0.6) is 0 Å². The van der Waals surface area contributed by atoms with Gasteiger partial charge in [-0.1, -0.05) is 18.2 Å². The van der Waals surface area contributed by atoms with Gasteiger partial charge in [0, 0.05) is 12.2 Å². The van der Waals surface area contributed by atoms with E-state index in [0.29, 0.717) is 17.8 Å². The van der Waals surface area contributed by atoms with Gasteiger partial charge in [0.2, 0.25) is 0 Å². The van der Waals surface area contributed by atoms with Crippen LogP contribution in [0.15, 0.2) is 67.6 Å². The van der Waals surface area contributed by atoms with Crippen LogP contribution in [0.2, 0.25) is 0 Å². The molecule has 3 rings (SSSR count). The molecule has 3 aromatic rings. The fourth-order valence-corrected chi connectivity index (χ4v) is 2.86. The second-order valence-corrected chi connectivity index (χ2v) is 6.49. The van der Waals surface area contributed by atoms with E-state index in [2.05, 4.69) is 16.9 Å². The van der Waals surface area contributed by atoms with E-state index >= 15 is 0 Å². The molecule has 0 fully saturated rings. The molecule has 4 nitrogen and oxygen atoms in total. The lowest BCUT2D eigenvalue weighted by molar-refractivity contribution is -0.143. The molecule has 1 amide bonds. The summed E-state index contributed by atoms with van der Waals surface area (Å²) < 4.78 is 80.0. The molecule has 0 saturated carbocycles. The Hall–Kier alpha value is -3.56. The largest absolute Gasteiger partial charge is 0.416 e. The Morgan fingerprint density at radius 3 is 2.06 bits per heavy atom. The Morgan fingerprint density at radius 2 is 1.55 bits per heavy atom. The highest BCUT2D eigenvalue weighted by molar-refractivity contribution is 5.93. The summed E-state index contributed by atoms with van der Waals surface area (Å²) >= 11 is 0. The van der Waals surface area contributed by atoms with E-state index in [4.69, 9.17) is 0 Å². The van der Waals surface area contributed by atoms with Crippen LogP contribution in [0.4, 0.5) is 26.3 Å². The number of aromatic nitrogens is 2. The zero-order valence-corrected chi connectivity index (χ0v) is 15.8. The molecule has 0 aliphatic carbocycles. The van der Waals surface area contributed by atoms with Gasteiger partial charge in [-0.05, 0) is 41.5 Å². The summed E-state index contributed by atoms with van der Waals surface area (Å²) in [5, 5.41) is 2.59. The number of nitrogens with one attached hydrogen (secondary N) is 1. The van der Waals surface area contributed by atoms with Crippen LogP contribution in [-0.2, 0) is 12.4 Å². The molecule has 1 aromatic heterocycles. The first-order chi connectivity index (χ1) is 14.5. The van der Waals surface area contributed by atoms with Gasteiger partial charge in [0.05, 0.1) is 23.7 Å². The van der Waals surface area contributed by atoms with E-state index in [0.717, 1.165) is 0 Å². The monoisotopic (exact) mass is 439 g/mol. The van der Waals surface area contributed by atoms with Crippen molar-refractivity contribution in [3.8, 4) is 16.8 Å². The molecule has 0 radical (unpaired) electrons. The minimum atomic E-state index is -4.93. The van der Waals surface area contributed by atoms with Crippen molar-refractivity contribution in [3.63, 3.8) is 0 Å². The van der Waals surface area contributed by atoms with Crippen molar-refractivity contribution in [1.29, 1.82) is 0 Å². The Kier molecular flexibility index (Phi) is 5.92. The molecule has 2 aromatic carbocycles. The molecule has 0 spiro atoms. The van der Waals surface area contributed by atoms with Gasteiger partial charge in [0.15, 0.2) is 0 Å². The summed E-state index contributed by atoms with van der Waals surface area (Å²) in [7, 11) is 0. The summed E-state index contributed by atoms with van der Waals surface area (Å²) in [5.74, 6) is -0.422. The average Bonchev–Trinajstić information content (AvgIpc) is 3.20. The van der Waals surface area contributed by atoms with Crippen LogP contribution >= 0.6 is 0 Å². The maximum atomic E-state index is 13.1. The highest BCUT2D eigenvalue weighted by Gasteiger charge is 2.37. The Labute approximate surface area is 172 Å². The molecule has 0 aliphatic heterocycles. The Bertz CT molecular complexity index is 1070. The van der Waals surface area contributed by atoms with Crippen LogP contribution < -0.4 is 5.32 Å². The van der Waals surface area contributed by atoms with Crippen LogP contribution in [0, 0.1) is 0 Å². The van der Waals surface area contributed by atoms with E-state index in [1.54, 1.807) is 0 Å². The molecule has 0 atom stereocenters. The third-order valence-electron chi connectivity index (χ3n) is 4.34. The second kappa shape index (κ2) is 8.29. The van der Waals surface area contributed by atoms with Gasteiger partial charge in [-0.15, -0.1) is 6.58 Å². The number of halogens is 6. The number of benzene rings is 2. The zero-order chi connectivity index (χ0) is 22.8. The first kappa shape index (κ1) is 22.1. The first-order valence-electron chi connectivity index (χ1n) is 8.82. The van der Waals surface area contributed by atoms with E-state index in [1.165, 1.54) is 47.4 Å². The molecule has 31 heavy (non-hydrogen) atoms. The van der Waals surface area contributed by atoms with Crippen molar-refractivity contribution in [2.75, 3.05) is 6.54 Å². The average molecular weight is 439 g/mol. The van der Waals surface area contributed by atoms with E-state index < -0.39 is 29.4 Å². The van der Waals surface area contributed by atoms with Crippen molar-refractivity contribution < 1.29 is 31.1 Å². The number of alkyl halides is 6. The normalized spacial score (nSPS) is 11.9. The predicted molar refractivity (Wildman–Crippen MR) is 102 cm³/mol. The lowest BCUT2D eigenvalue weighted by Gasteiger charge is -2.15. The Balaban J connectivity index is 1.99. The summed E-state index contributed by atoms with van der Waals surface area (Å²) in [4.78, 5) is 16.1. The van der Waals surface area contributed by atoms with Crippen molar-refractivity contribution >= 4 is 5.91 Å².